The van der Waals surface area contributed by atoms with Gasteiger partial charge < -0.3 is 4.98 Å². The number of aromatic nitrogens is 2. The number of nitrogens with zero attached hydrogens (tertiary/aromatic N) is 1. The second kappa shape index (κ2) is 5.94. The number of hydrogen-bond donors (Lipinski definition) is 2. The highest BCUT2D eigenvalue weighted by Gasteiger charge is 2.13. The fraction of sp³-hybridized carbons (Fsp3) is 0.0526. The van der Waals surface area contributed by atoms with Gasteiger partial charge in [0.2, 0.25) is 0 Å². The van der Waals surface area contributed by atoms with Crippen LogP contribution in [0, 0.1) is 6.92 Å². The third kappa shape index (κ3) is 2.70. The minimum Gasteiger partial charge on any atom is -0.351 e. The molecule has 0 spiro atoms. The molecule has 0 unspecified atom stereocenters. The normalized spacial score (nSPS) is 10.9. The standard InChI is InChI=1S/C19H15N3OS/c1-12-6-2-4-8-14(12)17-11-24-19(21-17)22-18(23)16-10-13-7-3-5-9-15(13)20-16/h2-11,20H,1H3,(H,21,22,23). The van der Waals surface area contributed by atoms with Crippen LogP contribution >= 0.6 is 11.3 Å². The van der Waals surface area contributed by atoms with Crippen LogP contribution < -0.4 is 5.32 Å². The Labute approximate surface area is 143 Å². The molecule has 118 valence electrons. The highest BCUT2D eigenvalue weighted by Crippen LogP contribution is 2.27. The molecule has 0 aliphatic rings. The van der Waals surface area contributed by atoms with Gasteiger partial charge in [-0.3, -0.25) is 10.1 Å². The summed E-state index contributed by atoms with van der Waals surface area (Å²) < 4.78 is 0. The number of anilines is 1. The van der Waals surface area contributed by atoms with Gasteiger partial charge in [-0.15, -0.1) is 11.3 Å². The number of hydrogen-bond acceptors (Lipinski definition) is 3. The molecule has 4 aromatic rings. The summed E-state index contributed by atoms with van der Waals surface area (Å²) in [4.78, 5) is 20.1. The minimum absolute atomic E-state index is 0.183. The molecule has 0 aliphatic heterocycles. The Morgan fingerprint density at radius 3 is 2.75 bits per heavy atom. The fourth-order valence-corrected chi connectivity index (χ4v) is 3.38. The Bertz CT molecular complexity index is 999. The molecule has 0 aliphatic carbocycles. The van der Waals surface area contributed by atoms with Gasteiger partial charge in [-0.05, 0) is 24.6 Å². The molecule has 0 radical (unpaired) electrons. The van der Waals surface area contributed by atoms with E-state index in [1.807, 2.05) is 53.9 Å². The van der Waals surface area contributed by atoms with Crippen LogP contribution in [0.5, 0.6) is 0 Å². The predicted octanol–water partition coefficient (Wildman–Crippen LogP) is 4.85. The van der Waals surface area contributed by atoms with Crippen molar-refractivity contribution in [1.82, 2.24) is 9.97 Å². The van der Waals surface area contributed by atoms with Crippen molar-refractivity contribution in [3.63, 3.8) is 0 Å². The minimum atomic E-state index is -0.183. The summed E-state index contributed by atoms with van der Waals surface area (Å²) in [5.41, 5.74) is 4.60. The molecule has 2 aromatic carbocycles. The van der Waals surface area contributed by atoms with Gasteiger partial charge in [-0.1, -0.05) is 42.5 Å². The Kier molecular flexibility index (Phi) is 3.63. The maximum atomic E-state index is 12.4. The van der Waals surface area contributed by atoms with Crippen molar-refractivity contribution in [3.05, 3.63) is 71.2 Å². The number of amides is 1. The molecule has 5 heteroatoms. The van der Waals surface area contributed by atoms with Crippen LogP contribution in [-0.4, -0.2) is 15.9 Å². The van der Waals surface area contributed by atoms with Gasteiger partial charge in [0, 0.05) is 21.8 Å². The number of carbonyl (C=O) groups excluding carboxylic acids is 1. The number of rotatable bonds is 3. The lowest BCUT2D eigenvalue weighted by Gasteiger charge is -2.01. The number of benzene rings is 2. The van der Waals surface area contributed by atoms with Crippen LogP contribution in [0.15, 0.2) is 60.0 Å². The van der Waals surface area contributed by atoms with Crippen molar-refractivity contribution < 1.29 is 4.79 Å². The van der Waals surface area contributed by atoms with E-state index in [0.717, 1.165) is 27.7 Å². The van der Waals surface area contributed by atoms with Crippen LogP contribution in [0.4, 0.5) is 5.13 Å². The van der Waals surface area contributed by atoms with Crippen molar-refractivity contribution >= 4 is 33.3 Å². The maximum Gasteiger partial charge on any atom is 0.273 e. The SMILES string of the molecule is Cc1ccccc1-c1csc(NC(=O)c2cc3ccccc3[nH]2)n1. The number of aryl methyl sites for hydroxylation is 1. The zero-order chi connectivity index (χ0) is 16.5. The Balaban J connectivity index is 1.57. The van der Waals surface area contributed by atoms with Gasteiger partial charge in [0.05, 0.1) is 5.69 Å². The molecular formula is C19H15N3OS. The molecule has 0 fully saturated rings. The number of fused-ring (bicyclic) bond motifs is 1. The Morgan fingerprint density at radius 1 is 1.12 bits per heavy atom. The van der Waals surface area contributed by atoms with E-state index in [1.54, 1.807) is 0 Å². The molecule has 0 atom stereocenters. The smallest absolute Gasteiger partial charge is 0.273 e. The van der Waals surface area contributed by atoms with E-state index < -0.39 is 0 Å². The van der Waals surface area contributed by atoms with Crippen molar-refractivity contribution in [2.45, 2.75) is 6.92 Å². The topological polar surface area (TPSA) is 57.8 Å². The molecule has 0 saturated carbocycles. The van der Waals surface area contributed by atoms with Gasteiger partial charge in [-0.2, -0.15) is 0 Å². The third-order valence-corrected chi connectivity index (χ3v) is 4.68. The fourth-order valence-electron chi connectivity index (χ4n) is 2.68. The number of para-hydroxylation sites is 1. The van der Waals surface area contributed by atoms with Crippen molar-refractivity contribution in [2.24, 2.45) is 0 Å². The summed E-state index contributed by atoms with van der Waals surface area (Å²) >= 11 is 1.43. The third-order valence-electron chi connectivity index (χ3n) is 3.92. The van der Waals surface area contributed by atoms with Gasteiger partial charge in [0.15, 0.2) is 5.13 Å². The number of thiazole rings is 1. The second-order valence-electron chi connectivity index (χ2n) is 5.58. The number of H-pyrrole nitrogens is 1. The lowest BCUT2D eigenvalue weighted by molar-refractivity contribution is 0.102. The molecule has 2 N–H and O–H groups in total. The summed E-state index contributed by atoms with van der Waals surface area (Å²) in [5, 5.41) is 6.44. The van der Waals surface area contributed by atoms with Gasteiger partial charge in [0.1, 0.15) is 5.69 Å². The van der Waals surface area contributed by atoms with Gasteiger partial charge >= 0.3 is 0 Å². The van der Waals surface area contributed by atoms with E-state index in [1.165, 1.54) is 11.3 Å². The van der Waals surface area contributed by atoms with Crippen LogP contribution in [0.1, 0.15) is 16.1 Å². The average molecular weight is 333 g/mol. The molecular weight excluding hydrogens is 318 g/mol. The largest absolute Gasteiger partial charge is 0.351 e. The van der Waals surface area contributed by atoms with E-state index in [-0.39, 0.29) is 5.91 Å². The molecule has 24 heavy (non-hydrogen) atoms. The zero-order valence-electron chi connectivity index (χ0n) is 13.0. The molecule has 4 nitrogen and oxygen atoms in total. The number of aromatic amines is 1. The lowest BCUT2D eigenvalue weighted by Crippen LogP contribution is -2.11. The lowest BCUT2D eigenvalue weighted by atomic mass is 10.1. The van der Waals surface area contributed by atoms with Crippen molar-refractivity contribution in [1.29, 1.82) is 0 Å². The highest BCUT2D eigenvalue weighted by atomic mass is 32.1. The van der Waals surface area contributed by atoms with E-state index in [2.05, 4.69) is 28.3 Å². The van der Waals surface area contributed by atoms with Crippen LogP contribution in [0.25, 0.3) is 22.2 Å². The quantitative estimate of drug-likeness (QED) is 0.563. The molecule has 1 amide bonds. The second-order valence-corrected chi connectivity index (χ2v) is 6.44. The first-order valence-corrected chi connectivity index (χ1v) is 8.49. The maximum absolute atomic E-state index is 12.4. The van der Waals surface area contributed by atoms with E-state index in [9.17, 15) is 4.79 Å². The molecule has 2 aromatic heterocycles. The van der Waals surface area contributed by atoms with E-state index >= 15 is 0 Å². The van der Waals surface area contributed by atoms with Crippen molar-refractivity contribution in [2.75, 3.05) is 5.32 Å². The summed E-state index contributed by atoms with van der Waals surface area (Å²) in [5.74, 6) is -0.183. The van der Waals surface area contributed by atoms with Crippen molar-refractivity contribution in [3.8, 4) is 11.3 Å². The average Bonchev–Trinajstić information content (AvgIpc) is 3.22. The first kappa shape index (κ1) is 14.7. The number of nitrogens with one attached hydrogen (secondary N) is 2. The Hall–Kier alpha value is -2.92. The Morgan fingerprint density at radius 2 is 1.92 bits per heavy atom. The molecule has 0 bridgehead atoms. The summed E-state index contributed by atoms with van der Waals surface area (Å²) in [7, 11) is 0. The zero-order valence-corrected chi connectivity index (χ0v) is 13.9. The first-order valence-electron chi connectivity index (χ1n) is 7.61. The highest BCUT2D eigenvalue weighted by molar-refractivity contribution is 7.14. The van der Waals surface area contributed by atoms with Gasteiger partial charge in [0.25, 0.3) is 5.91 Å². The van der Waals surface area contributed by atoms with E-state index in [0.29, 0.717) is 10.8 Å². The predicted molar refractivity (Wildman–Crippen MR) is 98.5 cm³/mol. The van der Waals surface area contributed by atoms with Crippen LogP contribution in [0.3, 0.4) is 0 Å². The molecule has 4 rings (SSSR count). The molecule has 0 saturated heterocycles. The van der Waals surface area contributed by atoms with Crippen LogP contribution in [0.2, 0.25) is 0 Å². The summed E-state index contributed by atoms with van der Waals surface area (Å²) in [6, 6.07) is 17.7. The van der Waals surface area contributed by atoms with E-state index in [4.69, 9.17) is 0 Å². The van der Waals surface area contributed by atoms with Crippen LogP contribution in [-0.2, 0) is 0 Å². The number of carbonyl (C=O) groups is 1. The molecule has 2 heterocycles. The van der Waals surface area contributed by atoms with Gasteiger partial charge in [-0.25, -0.2) is 4.98 Å². The summed E-state index contributed by atoms with van der Waals surface area (Å²) in [6.07, 6.45) is 0. The monoisotopic (exact) mass is 333 g/mol. The first-order chi connectivity index (χ1) is 11.7. The summed E-state index contributed by atoms with van der Waals surface area (Å²) in [6.45, 7) is 2.05.